The highest BCUT2D eigenvalue weighted by atomic mass is 16.6. The van der Waals surface area contributed by atoms with Crippen LogP contribution in [-0.2, 0) is 42.9 Å². The number of carbonyl (C=O) groups is 4. The molecule has 1 heterocycles. The molecule has 0 radical (unpaired) electrons. The van der Waals surface area contributed by atoms with Crippen molar-refractivity contribution in [1.82, 2.24) is 0 Å². The van der Waals surface area contributed by atoms with Crippen molar-refractivity contribution in [1.29, 1.82) is 0 Å². The van der Waals surface area contributed by atoms with Gasteiger partial charge in [-0.05, 0) is 26.3 Å². The standard InChI is InChI=1S/C20H26O9/c1-5-26-18(23)20(19(24)27-6-2)10-13(9-16(22)25-4)14-7-8-28-15(17(14)20)11-29-12(3)21/h7-9,14-15,17H,5-6,10-11H2,1-4H3/b13-9-/t14-,15-,17+/m1/s1. The minimum atomic E-state index is -1.74. The Morgan fingerprint density at radius 2 is 1.76 bits per heavy atom. The van der Waals surface area contributed by atoms with Crippen molar-refractivity contribution in [3.8, 4) is 0 Å². The molecule has 160 valence electrons. The normalized spacial score (nSPS) is 25.5. The van der Waals surface area contributed by atoms with Gasteiger partial charge in [0.1, 0.15) is 12.7 Å². The van der Waals surface area contributed by atoms with Gasteiger partial charge in [0.05, 0.1) is 26.6 Å². The lowest BCUT2D eigenvalue weighted by Crippen LogP contribution is -2.52. The first kappa shape index (κ1) is 22.4. The number of allylic oxidation sites excluding steroid dienone is 2. The zero-order chi connectivity index (χ0) is 21.6. The molecule has 1 aliphatic heterocycles. The second kappa shape index (κ2) is 9.58. The third kappa shape index (κ3) is 4.44. The van der Waals surface area contributed by atoms with Gasteiger partial charge < -0.3 is 23.7 Å². The van der Waals surface area contributed by atoms with Gasteiger partial charge >= 0.3 is 23.9 Å². The van der Waals surface area contributed by atoms with Crippen LogP contribution in [0.3, 0.4) is 0 Å². The van der Waals surface area contributed by atoms with Crippen LogP contribution in [0, 0.1) is 17.3 Å². The number of ether oxygens (including phenoxy) is 5. The quantitative estimate of drug-likeness (QED) is 0.265. The van der Waals surface area contributed by atoms with E-state index < -0.39 is 47.2 Å². The van der Waals surface area contributed by atoms with E-state index >= 15 is 0 Å². The molecule has 9 nitrogen and oxygen atoms in total. The highest BCUT2D eigenvalue weighted by molar-refractivity contribution is 6.02. The summed E-state index contributed by atoms with van der Waals surface area (Å²) in [5.41, 5.74) is -1.23. The van der Waals surface area contributed by atoms with E-state index in [1.165, 1.54) is 26.4 Å². The van der Waals surface area contributed by atoms with Crippen LogP contribution in [0.1, 0.15) is 27.2 Å². The van der Waals surface area contributed by atoms with Gasteiger partial charge in [-0.1, -0.05) is 5.57 Å². The van der Waals surface area contributed by atoms with Crippen molar-refractivity contribution < 1.29 is 42.9 Å². The van der Waals surface area contributed by atoms with E-state index in [0.717, 1.165) is 0 Å². The molecule has 3 atom stereocenters. The summed E-state index contributed by atoms with van der Waals surface area (Å²) >= 11 is 0. The van der Waals surface area contributed by atoms with Crippen LogP contribution in [0.4, 0.5) is 0 Å². The van der Waals surface area contributed by atoms with Gasteiger partial charge in [0.25, 0.3) is 0 Å². The monoisotopic (exact) mass is 410 g/mol. The Morgan fingerprint density at radius 3 is 2.28 bits per heavy atom. The van der Waals surface area contributed by atoms with Gasteiger partial charge in [-0.2, -0.15) is 0 Å². The largest absolute Gasteiger partial charge is 0.494 e. The molecule has 29 heavy (non-hydrogen) atoms. The van der Waals surface area contributed by atoms with Crippen molar-refractivity contribution in [2.75, 3.05) is 26.9 Å². The average Bonchev–Trinajstić information content (AvgIpc) is 3.02. The third-order valence-electron chi connectivity index (χ3n) is 5.04. The molecular formula is C20H26O9. The first-order valence-corrected chi connectivity index (χ1v) is 9.40. The minimum absolute atomic E-state index is 0.0543. The van der Waals surface area contributed by atoms with Crippen molar-refractivity contribution >= 4 is 23.9 Å². The number of hydrogen-bond acceptors (Lipinski definition) is 9. The Bertz CT molecular complexity index is 703. The number of fused-ring (bicyclic) bond motifs is 1. The Labute approximate surface area is 168 Å². The fourth-order valence-corrected chi connectivity index (χ4v) is 3.92. The molecule has 0 aromatic heterocycles. The first-order chi connectivity index (χ1) is 13.8. The van der Waals surface area contributed by atoms with Crippen LogP contribution in [0.25, 0.3) is 0 Å². The summed E-state index contributed by atoms with van der Waals surface area (Å²) in [6, 6.07) is 0. The summed E-state index contributed by atoms with van der Waals surface area (Å²) in [5, 5.41) is 0. The topological polar surface area (TPSA) is 114 Å². The zero-order valence-electron chi connectivity index (χ0n) is 17.0. The molecule has 0 unspecified atom stereocenters. The van der Waals surface area contributed by atoms with E-state index in [0.29, 0.717) is 5.57 Å². The predicted octanol–water partition coefficient (Wildman–Crippen LogP) is 1.31. The lowest BCUT2D eigenvalue weighted by molar-refractivity contribution is -0.181. The number of methoxy groups -OCH3 is 1. The van der Waals surface area contributed by atoms with Crippen molar-refractivity contribution in [3.05, 3.63) is 24.0 Å². The average molecular weight is 410 g/mol. The molecule has 0 amide bonds. The zero-order valence-corrected chi connectivity index (χ0v) is 17.0. The Kier molecular flexibility index (Phi) is 7.41. The fraction of sp³-hybridized carbons (Fsp3) is 0.600. The smallest absolute Gasteiger partial charge is 0.330 e. The van der Waals surface area contributed by atoms with E-state index in [1.54, 1.807) is 19.9 Å². The van der Waals surface area contributed by atoms with Crippen LogP contribution in [-0.4, -0.2) is 56.9 Å². The molecule has 0 bridgehead atoms. The maximum atomic E-state index is 13.1. The molecule has 1 saturated carbocycles. The van der Waals surface area contributed by atoms with Gasteiger partial charge in [0.2, 0.25) is 0 Å². The molecular weight excluding hydrogens is 384 g/mol. The summed E-state index contributed by atoms with van der Waals surface area (Å²) < 4.78 is 25.9. The molecule has 2 aliphatic rings. The van der Waals surface area contributed by atoms with E-state index in [2.05, 4.69) is 0 Å². The second-order valence-corrected chi connectivity index (χ2v) is 6.69. The van der Waals surface area contributed by atoms with Gasteiger partial charge in [-0.25, -0.2) is 4.79 Å². The maximum Gasteiger partial charge on any atom is 0.330 e. The van der Waals surface area contributed by atoms with Gasteiger partial charge in [0.15, 0.2) is 5.41 Å². The molecule has 0 N–H and O–H groups in total. The highest BCUT2D eigenvalue weighted by Crippen LogP contribution is 2.55. The van der Waals surface area contributed by atoms with E-state index in [1.807, 2.05) is 0 Å². The summed E-state index contributed by atoms with van der Waals surface area (Å²) in [6.07, 6.45) is 3.42. The van der Waals surface area contributed by atoms with Crippen molar-refractivity contribution in [2.45, 2.75) is 33.3 Å². The summed E-state index contributed by atoms with van der Waals surface area (Å²) in [7, 11) is 1.24. The molecule has 2 rings (SSSR count). The summed E-state index contributed by atoms with van der Waals surface area (Å²) in [4.78, 5) is 49.3. The second-order valence-electron chi connectivity index (χ2n) is 6.69. The lowest BCUT2D eigenvalue weighted by Gasteiger charge is -2.38. The SMILES string of the molecule is CCOC(=O)C1(C(=O)OCC)C/C(=C/C(=O)OC)[C@H]2C=CO[C@H](COC(C)=O)[C@H]21. The highest BCUT2D eigenvalue weighted by Gasteiger charge is 2.65. The number of esters is 4. The molecule has 1 fully saturated rings. The third-order valence-corrected chi connectivity index (χ3v) is 5.04. The molecule has 0 aromatic carbocycles. The van der Waals surface area contributed by atoms with E-state index in [-0.39, 0.29) is 26.2 Å². The van der Waals surface area contributed by atoms with Gasteiger partial charge in [-0.15, -0.1) is 0 Å². The van der Waals surface area contributed by atoms with Crippen LogP contribution in [0.15, 0.2) is 24.0 Å². The molecule has 0 spiro atoms. The minimum Gasteiger partial charge on any atom is -0.494 e. The van der Waals surface area contributed by atoms with Crippen molar-refractivity contribution in [3.63, 3.8) is 0 Å². The first-order valence-electron chi connectivity index (χ1n) is 9.40. The maximum absolute atomic E-state index is 13.1. The van der Waals surface area contributed by atoms with Crippen molar-refractivity contribution in [2.24, 2.45) is 17.3 Å². The summed E-state index contributed by atoms with van der Waals surface area (Å²) in [5.74, 6) is -3.97. The van der Waals surface area contributed by atoms with Gasteiger partial charge in [0, 0.05) is 24.8 Å². The van der Waals surface area contributed by atoms with E-state index in [9.17, 15) is 19.2 Å². The van der Waals surface area contributed by atoms with E-state index in [4.69, 9.17) is 23.7 Å². The van der Waals surface area contributed by atoms with Gasteiger partial charge in [-0.3, -0.25) is 14.4 Å². The van der Waals surface area contributed by atoms with Crippen LogP contribution >= 0.6 is 0 Å². The fourth-order valence-electron chi connectivity index (χ4n) is 3.92. The predicted molar refractivity (Wildman–Crippen MR) is 98.0 cm³/mol. The van der Waals surface area contributed by atoms with Crippen LogP contribution in [0.5, 0.6) is 0 Å². The Balaban J connectivity index is 2.60. The molecule has 0 saturated heterocycles. The number of rotatable bonds is 7. The summed E-state index contributed by atoms with van der Waals surface area (Å²) in [6.45, 7) is 4.44. The Hall–Kier alpha value is -2.84. The number of carbonyl (C=O) groups excluding carboxylic acids is 4. The van der Waals surface area contributed by atoms with Crippen LogP contribution < -0.4 is 0 Å². The molecule has 0 aromatic rings. The van der Waals surface area contributed by atoms with Crippen LogP contribution in [0.2, 0.25) is 0 Å². The molecule has 1 aliphatic carbocycles. The number of hydrogen-bond donors (Lipinski definition) is 0. The lowest BCUT2D eigenvalue weighted by atomic mass is 9.71. The molecule has 9 heteroatoms. The Morgan fingerprint density at radius 1 is 1.14 bits per heavy atom.